The van der Waals surface area contributed by atoms with Gasteiger partial charge in [-0.05, 0) is 25.7 Å². The molecular weight excluding hydrogens is 222 g/mol. The molecule has 1 aromatic rings. The second kappa shape index (κ2) is 3.47. The zero-order valence-corrected chi connectivity index (χ0v) is 10.4. The Bertz CT molecular complexity index is 420. The van der Waals surface area contributed by atoms with Crippen LogP contribution >= 0.6 is 11.6 Å². The molecular formula is C12H18ClN3. The van der Waals surface area contributed by atoms with E-state index in [1.54, 1.807) is 0 Å². The topological polar surface area (TPSA) is 43.8 Å². The number of hydrogen-bond donors (Lipinski definition) is 1. The van der Waals surface area contributed by atoms with Crippen molar-refractivity contribution < 1.29 is 0 Å². The van der Waals surface area contributed by atoms with E-state index in [4.69, 9.17) is 17.3 Å². The van der Waals surface area contributed by atoms with Crippen LogP contribution in [0.3, 0.4) is 0 Å². The van der Waals surface area contributed by atoms with Gasteiger partial charge in [-0.3, -0.25) is 0 Å². The van der Waals surface area contributed by atoms with Crippen LogP contribution < -0.4 is 5.73 Å². The number of aryl methyl sites for hydroxylation is 1. The second-order valence-electron chi connectivity index (χ2n) is 5.14. The van der Waals surface area contributed by atoms with E-state index in [-0.39, 0.29) is 5.54 Å². The maximum absolute atomic E-state index is 6.36. The van der Waals surface area contributed by atoms with Crippen molar-refractivity contribution in [2.45, 2.75) is 57.0 Å². The SMILES string of the molecule is CCc1nc(Cl)c2n1CCCC2C1(N)CC1. The molecule has 0 saturated heterocycles. The minimum absolute atomic E-state index is 0.0207. The van der Waals surface area contributed by atoms with Crippen molar-refractivity contribution in [3.05, 3.63) is 16.7 Å². The molecule has 1 aromatic heterocycles. The monoisotopic (exact) mass is 239 g/mol. The second-order valence-corrected chi connectivity index (χ2v) is 5.50. The quantitative estimate of drug-likeness (QED) is 0.862. The molecule has 0 amide bonds. The fourth-order valence-electron chi connectivity index (χ4n) is 2.98. The number of halogens is 1. The predicted octanol–water partition coefficient (Wildman–Crippen LogP) is 2.47. The Morgan fingerprint density at radius 1 is 1.56 bits per heavy atom. The van der Waals surface area contributed by atoms with Gasteiger partial charge in [0.15, 0.2) is 5.15 Å². The Balaban J connectivity index is 2.07. The fraction of sp³-hybridized carbons (Fsp3) is 0.750. The molecule has 88 valence electrons. The molecule has 2 N–H and O–H groups in total. The van der Waals surface area contributed by atoms with Crippen molar-refractivity contribution >= 4 is 11.6 Å². The first-order chi connectivity index (χ1) is 7.65. The first-order valence-electron chi connectivity index (χ1n) is 6.19. The van der Waals surface area contributed by atoms with E-state index >= 15 is 0 Å². The summed E-state index contributed by atoms with van der Waals surface area (Å²) in [5.41, 5.74) is 7.59. The largest absolute Gasteiger partial charge is 0.330 e. The maximum Gasteiger partial charge on any atom is 0.150 e. The lowest BCUT2D eigenvalue weighted by molar-refractivity contribution is 0.384. The number of rotatable bonds is 2. The molecule has 1 aliphatic heterocycles. The summed E-state index contributed by atoms with van der Waals surface area (Å²) in [5, 5.41) is 0.693. The molecule has 3 rings (SSSR count). The number of imidazole rings is 1. The van der Waals surface area contributed by atoms with Gasteiger partial charge in [-0.15, -0.1) is 0 Å². The van der Waals surface area contributed by atoms with Crippen molar-refractivity contribution in [3.8, 4) is 0 Å². The highest BCUT2D eigenvalue weighted by Crippen LogP contribution is 2.50. The van der Waals surface area contributed by atoms with Crippen LogP contribution in [-0.2, 0) is 13.0 Å². The summed E-state index contributed by atoms with van der Waals surface area (Å²) in [6, 6.07) is 0. The van der Waals surface area contributed by atoms with Crippen LogP contribution in [0.15, 0.2) is 0 Å². The molecule has 0 bridgehead atoms. The summed E-state index contributed by atoms with van der Waals surface area (Å²) >= 11 is 6.28. The minimum Gasteiger partial charge on any atom is -0.330 e. The Hall–Kier alpha value is -0.540. The highest BCUT2D eigenvalue weighted by molar-refractivity contribution is 6.30. The van der Waals surface area contributed by atoms with Crippen molar-refractivity contribution in [1.82, 2.24) is 9.55 Å². The molecule has 16 heavy (non-hydrogen) atoms. The summed E-state index contributed by atoms with van der Waals surface area (Å²) < 4.78 is 2.31. The highest BCUT2D eigenvalue weighted by atomic mass is 35.5. The van der Waals surface area contributed by atoms with Gasteiger partial charge in [0.1, 0.15) is 5.82 Å². The van der Waals surface area contributed by atoms with Crippen LogP contribution in [0.1, 0.15) is 50.0 Å². The smallest absolute Gasteiger partial charge is 0.150 e. The van der Waals surface area contributed by atoms with Gasteiger partial charge < -0.3 is 10.3 Å². The van der Waals surface area contributed by atoms with Gasteiger partial charge in [0.2, 0.25) is 0 Å². The van der Waals surface area contributed by atoms with Crippen LogP contribution in [0.2, 0.25) is 5.15 Å². The predicted molar refractivity (Wildman–Crippen MR) is 64.7 cm³/mol. The zero-order valence-electron chi connectivity index (χ0n) is 9.67. The number of fused-ring (bicyclic) bond motifs is 1. The summed E-state index contributed by atoms with van der Waals surface area (Å²) in [6.45, 7) is 3.19. The van der Waals surface area contributed by atoms with E-state index in [2.05, 4.69) is 16.5 Å². The van der Waals surface area contributed by atoms with Crippen molar-refractivity contribution in [2.75, 3.05) is 0 Å². The minimum atomic E-state index is 0.0207. The van der Waals surface area contributed by atoms with E-state index in [1.165, 1.54) is 18.5 Å². The van der Waals surface area contributed by atoms with Gasteiger partial charge in [0, 0.05) is 24.4 Å². The highest BCUT2D eigenvalue weighted by Gasteiger charge is 2.49. The van der Waals surface area contributed by atoms with Gasteiger partial charge >= 0.3 is 0 Å². The van der Waals surface area contributed by atoms with E-state index < -0.39 is 0 Å². The molecule has 2 heterocycles. The average molecular weight is 240 g/mol. The molecule has 1 atom stereocenters. The van der Waals surface area contributed by atoms with E-state index in [1.807, 2.05) is 0 Å². The molecule has 4 heteroatoms. The summed E-state index contributed by atoms with van der Waals surface area (Å²) in [6.07, 6.45) is 5.60. The third-order valence-electron chi connectivity index (χ3n) is 4.08. The Morgan fingerprint density at radius 2 is 2.31 bits per heavy atom. The maximum atomic E-state index is 6.36. The molecule has 0 radical (unpaired) electrons. The third-order valence-corrected chi connectivity index (χ3v) is 4.36. The molecule has 1 saturated carbocycles. The van der Waals surface area contributed by atoms with E-state index in [9.17, 15) is 0 Å². The normalized spacial score (nSPS) is 26.6. The van der Waals surface area contributed by atoms with Crippen LogP contribution in [0.5, 0.6) is 0 Å². The van der Waals surface area contributed by atoms with Gasteiger partial charge in [-0.1, -0.05) is 18.5 Å². The Labute approximate surface area is 101 Å². The van der Waals surface area contributed by atoms with Gasteiger partial charge in [0.25, 0.3) is 0 Å². The molecule has 0 aromatic carbocycles. The lowest BCUT2D eigenvalue weighted by Crippen LogP contribution is -2.34. The molecule has 2 aliphatic rings. The van der Waals surface area contributed by atoms with Crippen LogP contribution in [0, 0.1) is 0 Å². The lowest BCUT2D eigenvalue weighted by atomic mass is 9.87. The number of nitrogens with zero attached hydrogens (tertiary/aromatic N) is 2. The molecule has 0 spiro atoms. The molecule has 1 aliphatic carbocycles. The lowest BCUT2D eigenvalue weighted by Gasteiger charge is -2.30. The van der Waals surface area contributed by atoms with Crippen molar-refractivity contribution in [1.29, 1.82) is 0 Å². The van der Waals surface area contributed by atoms with Crippen molar-refractivity contribution in [2.24, 2.45) is 5.73 Å². The first kappa shape index (κ1) is 10.6. The Kier molecular flexibility index (Phi) is 2.30. The first-order valence-corrected chi connectivity index (χ1v) is 6.57. The molecule has 3 nitrogen and oxygen atoms in total. The van der Waals surface area contributed by atoms with Gasteiger partial charge in [-0.25, -0.2) is 4.98 Å². The summed E-state index contributed by atoms with van der Waals surface area (Å²) in [4.78, 5) is 4.48. The van der Waals surface area contributed by atoms with Crippen LogP contribution in [-0.4, -0.2) is 15.1 Å². The van der Waals surface area contributed by atoms with Crippen molar-refractivity contribution in [3.63, 3.8) is 0 Å². The number of hydrogen-bond acceptors (Lipinski definition) is 2. The summed E-state index contributed by atoms with van der Waals surface area (Å²) in [7, 11) is 0. The van der Waals surface area contributed by atoms with E-state index in [0.29, 0.717) is 11.1 Å². The van der Waals surface area contributed by atoms with E-state index in [0.717, 1.165) is 31.6 Å². The molecule has 1 fully saturated rings. The van der Waals surface area contributed by atoms with Gasteiger partial charge in [0.05, 0.1) is 5.69 Å². The Morgan fingerprint density at radius 3 is 2.94 bits per heavy atom. The fourth-order valence-corrected chi connectivity index (χ4v) is 3.31. The number of aromatic nitrogens is 2. The standard InChI is InChI=1S/C12H18ClN3/c1-2-9-15-11(13)10-8(12(14)5-6-12)4-3-7-16(9)10/h8H,2-7,14H2,1H3. The average Bonchev–Trinajstić information content (AvgIpc) is 2.95. The van der Waals surface area contributed by atoms with Crippen LogP contribution in [0.25, 0.3) is 0 Å². The summed E-state index contributed by atoms with van der Waals surface area (Å²) in [5.74, 6) is 1.55. The number of nitrogens with two attached hydrogens (primary N) is 1. The van der Waals surface area contributed by atoms with Crippen LogP contribution in [0.4, 0.5) is 0 Å². The van der Waals surface area contributed by atoms with Gasteiger partial charge in [-0.2, -0.15) is 0 Å². The zero-order chi connectivity index (χ0) is 11.3. The molecule has 1 unspecified atom stereocenters. The third kappa shape index (κ3) is 1.41.